The van der Waals surface area contributed by atoms with E-state index in [1.165, 1.54) is 18.2 Å². The zero-order chi connectivity index (χ0) is 15.7. The lowest BCUT2D eigenvalue weighted by molar-refractivity contribution is -0.384. The van der Waals surface area contributed by atoms with E-state index >= 15 is 0 Å². The van der Waals surface area contributed by atoms with E-state index in [2.05, 4.69) is 5.32 Å². The van der Waals surface area contributed by atoms with Gasteiger partial charge in [0.1, 0.15) is 5.69 Å². The highest BCUT2D eigenvalue weighted by molar-refractivity contribution is 5.65. The molecule has 0 unspecified atom stereocenters. The Morgan fingerprint density at radius 1 is 1.32 bits per heavy atom. The van der Waals surface area contributed by atoms with Crippen LogP contribution < -0.4 is 5.32 Å². The van der Waals surface area contributed by atoms with Gasteiger partial charge >= 0.3 is 0 Å². The van der Waals surface area contributed by atoms with Gasteiger partial charge in [0.05, 0.1) is 28.7 Å². The van der Waals surface area contributed by atoms with Gasteiger partial charge in [0.15, 0.2) is 0 Å². The minimum Gasteiger partial charge on any atom is -0.390 e. The molecular formula is C16H13N3O3. The van der Waals surface area contributed by atoms with Gasteiger partial charge in [-0.2, -0.15) is 5.26 Å². The smallest absolute Gasteiger partial charge is 0.293 e. The van der Waals surface area contributed by atoms with E-state index in [4.69, 9.17) is 5.26 Å². The summed E-state index contributed by atoms with van der Waals surface area (Å²) in [6.45, 7) is 0. The second kappa shape index (κ2) is 5.47. The number of anilines is 1. The normalized spacial score (nSPS) is 19.3. The number of rotatable bonds is 3. The van der Waals surface area contributed by atoms with Crippen LogP contribution in [0, 0.1) is 21.4 Å². The third-order valence-corrected chi connectivity index (χ3v) is 3.84. The number of nitrogens with zero attached hydrogens (tertiary/aromatic N) is 2. The quantitative estimate of drug-likeness (QED) is 0.669. The van der Waals surface area contributed by atoms with E-state index in [1.807, 2.05) is 30.3 Å². The van der Waals surface area contributed by atoms with Crippen molar-refractivity contribution in [2.45, 2.75) is 18.6 Å². The summed E-state index contributed by atoms with van der Waals surface area (Å²) in [7, 11) is 0. The first-order chi connectivity index (χ1) is 10.6. The van der Waals surface area contributed by atoms with Crippen LogP contribution in [0.3, 0.4) is 0 Å². The average Bonchev–Trinajstić information content (AvgIpc) is 2.83. The van der Waals surface area contributed by atoms with Gasteiger partial charge in [-0.15, -0.1) is 0 Å². The predicted octanol–water partition coefficient (Wildman–Crippen LogP) is 2.54. The number of hydrogen-bond donors (Lipinski definition) is 2. The van der Waals surface area contributed by atoms with Crippen LogP contribution in [-0.2, 0) is 6.42 Å². The number of nitro benzene ring substituents is 1. The average molecular weight is 295 g/mol. The van der Waals surface area contributed by atoms with Crippen molar-refractivity contribution in [3.63, 3.8) is 0 Å². The lowest BCUT2D eigenvalue weighted by Gasteiger charge is -2.19. The molecule has 0 saturated carbocycles. The molecule has 0 aromatic heterocycles. The summed E-state index contributed by atoms with van der Waals surface area (Å²) < 4.78 is 0. The molecule has 2 aromatic rings. The summed E-state index contributed by atoms with van der Waals surface area (Å²) in [6.07, 6.45) is -0.134. The maximum absolute atomic E-state index is 11.2. The maximum atomic E-state index is 11.2. The first-order valence-electron chi connectivity index (χ1n) is 6.81. The first kappa shape index (κ1) is 14.0. The fourth-order valence-electron chi connectivity index (χ4n) is 2.79. The third-order valence-electron chi connectivity index (χ3n) is 3.84. The molecule has 0 bridgehead atoms. The fourth-order valence-corrected chi connectivity index (χ4v) is 2.79. The maximum Gasteiger partial charge on any atom is 0.293 e. The molecule has 2 atom stereocenters. The van der Waals surface area contributed by atoms with Crippen LogP contribution in [0.1, 0.15) is 22.7 Å². The molecule has 1 aliphatic carbocycles. The Kier molecular flexibility index (Phi) is 3.49. The molecule has 110 valence electrons. The summed E-state index contributed by atoms with van der Waals surface area (Å²) in [5, 5.41) is 33.3. The Morgan fingerprint density at radius 2 is 2.09 bits per heavy atom. The van der Waals surface area contributed by atoms with E-state index < -0.39 is 17.1 Å². The largest absolute Gasteiger partial charge is 0.390 e. The van der Waals surface area contributed by atoms with E-state index in [-0.39, 0.29) is 11.3 Å². The van der Waals surface area contributed by atoms with Gasteiger partial charge in [-0.05, 0) is 23.3 Å². The number of nitrogens with one attached hydrogen (secondary N) is 1. The number of aliphatic hydroxyl groups excluding tert-OH is 1. The second-order valence-corrected chi connectivity index (χ2v) is 5.19. The predicted molar refractivity (Wildman–Crippen MR) is 80.3 cm³/mol. The van der Waals surface area contributed by atoms with Crippen LogP contribution in [0.25, 0.3) is 0 Å². The Labute approximate surface area is 126 Å². The first-order valence-corrected chi connectivity index (χ1v) is 6.81. The van der Waals surface area contributed by atoms with Crippen molar-refractivity contribution in [1.29, 1.82) is 5.26 Å². The van der Waals surface area contributed by atoms with Crippen LogP contribution in [0.2, 0.25) is 0 Å². The zero-order valence-electron chi connectivity index (χ0n) is 11.6. The highest BCUT2D eigenvalue weighted by atomic mass is 16.6. The topological polar surface area (TPSA) is 99.2 Å². The van der Waals surface area contributed by atoms with Crippen molar-refractivity contribution in [3.8, 4) is 6.07 Å². The number of nitro groups is 1. The number of hydrogen-bond acceptors (Lipinski definition) is 5. The molecule has 2 aromatic carbocycles. The highest BCUT2D eigenvalue weighted by Crippen LogP contribution is 2.36. The standard InChI is InChI=1S/C16H13N3O3/c17-9-10-5-6-13(14(7-10)19(21)22)18-16-12-4-2-1-3-11(12)8-15(16)20/h1-7,15-16,18,20H,8H2/t15-,16+/m1/s1. The lowest BCUT2D eigenvalue weighted by Crippen LogP contribution is -2.21. The van der Waals surface area contributed by atoms with Gasteiger partial charge in [0, 0.05) is 12.5 Å². The number of nitriles is 1. The molecule has 6 nitrogen and oxygen atoms in total. The lowest BCUT2D eigenvalue weighted by atomic mass is 10.1. The van der Waals surface area contributed by atoms with E-state index in [1.54, 1.807) is 0 Å². The SMILES string of the molecule is N#Cc1ccc(N[C@H]2c3ccccc3C[C@H]2O)c([N+](=O)[O-])c1. The van der Waals surface area contributed by atoms with Crippen LogP contribution in [0.4, 0.5) is 11.4 Å². The Balaban J connectivity index is 1.97. The van der Waals surface area contributed by atoms with Gasteiger partial charge in [0.2, 0.25) is 0 Å². The van der Waals surface area contributed by atoms with Crippen molar-refractivity contribution in [3.05, 3.63) is 69.3 Å². The third kappa shape index (κ3) is 2.38. The number of fused-ring (bicyclic) bond motifs is 1. The van der Waals surface area contributed by atoms with Gasteiger partial charge < -0.3 is 10.4 Å². The molecule has 0 spiro atoms. The number of benzene rings is 2. The summed E-state index contributed by atoms with van der Waals surface area (Å²) in [6, 6.07) is 13.4. The molecular weight excluding hydrogens is 282 g/mol. The van der Waals surface area contributed by atoms with Crippen molar-refractivity contribution < 1.29 is 10.0 Å². The zero-order valence-corrected chi connectivity index (χ0v) is 11.6. The van der Waals surface area contributed by atoms with Crippen LogP contribution >= 0.6 is 0 Å². The van der Waals surface area contributed by atoms with Crippen molar-refractivity contribution in [2.24, 2.45) is 0 Å². The Hall–Kier alpha value is -2.91. The van der Waals surface area contributed by atoms with E-state index in [0.29, 0.717) is 12.1 Å². The number of aliphatic hydroxyl groups is 1. The highest BCUT2D eigenvalue weighted by Gasteiger charge is 2.32. The molecule has 3 rings (SSSR count). The van der Waals surface area contributed by atoms with Gasteiger partial charge in [-0.3, -0.25) is 10.1 Å². The molecule has 22 heavy (non-hydrogen) atoms. The summed E-state index contributed by atoms with van der Waals surface area (Å²) in [5.41, 5.74) is 2.32. The second-order valence-electron chi connectivity index (χ2n) is 5.19. The van der Waals surface area contributed by atoms with Crippen LogP contribution in [0.5, 0.6) is 0 Å². The molecule has 0 fully saturated rings. The minimum absolute atomic E-state index is 0.171. The van der Waals surface area contributed by atoms with E-state index in [0.717, 1.165) is 11.1 Å². The molecule has 0 heterocycles. The summed E-state index contributed by atoms with van der Waals surface area (Å²) in [4.78, 5) is 10.7. The van der Waals surface area contributed by atoms with E-state index in [9.17, 15) is 15.2 Å². The molecule has 1 aliphatic rings. The van der Waals surface area contributed by atoms with Crippen molar-refractivity contribution >= 4 is 11.4 Å². The van der Waals surface area contributed by atoms with Crippen molar-refractivity contribution in [1.82, 2.24) is 0 Å². The van der Waals surface area contributed by atoms with Crippen molar-refractivity contribution in [2.75, 3.05) is 5.32 Å². The minimum atomic E-state index is -0.646. The van der Waals surface area contributed by atoms with Gasteiger partial charge in [-0.1, -0.05) is 24.3 Å². The molecule has 0 radical (unpaired) electrons. The molecule has 0 saturated heterocycles. The Bertz CT molecular complexity index is 782. The summed E-state index contributed by atoms with van der Waals surface area (Å²) >= 11 is 0. The Morgan fingerprint density at radius 3 is 2.82 bits per heavy atom. The fraction of sp³-hybridized carbons (Fsp3) is 0.188. The molecule has 0 aliphatic heterocycles. The van der Waals surface area contributed by atoms with Crippen LogP contribution in [-0.4, -0.2) is 16.1 Å². The van der Waals surface area contributed by atoms with Gasteiger partial charge in [0.25, 0.3) is 5.69 Å². The molecule has 2 N–H and O–H groups in total. The van der Waals surface area contributed by atoms with Gasteiger partial charge in [-0.25, -0.2) is 0 Å². The van der Waals surface area contributed by atoms with Crippen LogP contribution in [0.15, 0.2) is 42.5 Å². The summed E-state index contributed by atoms with van der Waals surface area (Å²) in [5.74, 6) is 0. The monoisotopic (exact) mass is 295 g/mol. The molecule has 0 amide bonds. The molecule has 6 heteroatoms.